The van der Waals surface area contributed by atoms with Crippen molar-refractivity contribution in [2.75, 3.05) is 7.11 Å². The van der Waals surface area contributed by atoms with E-state index < -0.39 is 23.0 Å². The summed E-state index contributed by atoms with van der Waals surface area (Å²) in [6.45, 7) is -0.0482. The third kappa shape index (κ3) is 5.22. The van der Waals surface area contributed by atoms with Gasteiger partial charge in [0.25, 0.3) is 0 Å². The number of methoxy groups -OCH3 is 1. The van der Waals surface area contributed by atoms with Crippen molar-refractivity contribution < 1.29 is 27.4 Å². The van der Waals surface area contributed by atoms with Gasteiger partial charge in [-0.25, -0.2) is 4.79 Å². The summed E-state index contributed by atoms with van der Waals surface area (Å²) in [5.41, 5.74) is -1.68. The normalized spacial score (nSPS) is 10.8. The minimum atomic E-state index is -4.74. The van der Waals surface area contributed by atoms with Crippen LogP contribution in [0.3, 0.4) is 0 Å². The first-order valence-electron chi connectivity index (χ1n) is 9.23. The van der Waals surface area contributed by atoms with Crippen LogP contribution in [0.5, 0.6) is 23.3 Å². The molecule has 3 rings (SSSR count). The van der Waals surface area contributed by atoms with Crippen LogP contribution in [0.2, 0.25) is 0 Å². The summed E-state index contributed by atoms with van der Waals surface area (Å²) in [5, 5.41) is 18.3. The number of rotatable bonds is 6. The van der Waals surface area contributed by atoms with Gasteiger partial charge >= 0.3 is 11.9 Å². The molecule has 0 N–H and O–H groups in total. The zero-order valence-electron chi connectivity index (χ0n) is 17.3. The molecule has 0 spiro atoms. The molecule has 0 fully saturated rings. The first-order chi connectivity index (χ1) is 15.7. The molecule has 0 aliphatic heterocycles. The summed E-state index contributed by atoms with van der Waals surface area (Å²) in [6.07, 6.45) is -4.74. The quantitative estimate of drug-likeness (QED) is 0.553. The minimum absolute atomic E-state index is 0.0195. The van der Waals surface area contributed by atoms with Gasteiger partial charge in [0.15, 0.2) is 0 Å². The fraction of sp³-hybridized carbons (Fsp3) is 0.182. The van der Waals surface area contributed by atoms with Gasteiger partial charge in [-0.15, -0.1) is 0 Å². The molecule has 0 saturated heterocycles. The number of alkyl halides is 3. The van der Waals surface area contributed by atoms with Crippen LogP contribution >= 0.6 is 0 Å². The third-order valence-corrected chi connectivity index (χ3v) is 4.48. The van der Waals surface area contributed by atoms with Crippen LogP contribution in [-0.2, 0) is 19.8 Å². The zero-order valence-corrected chi connectivity index (χ0v) is 17.3. The Hall–Kier alpha value is -4.51. The summed E-state index contributed by atoms with van der Waals surface area (Å²) in [5.74, 6) is 0.101. The minimum Gasteiger partial charge on any atom is -0.482 e. The van der Waals surface area contributed by atoms with E-state index in [1.165, 1.54) is 49.1 Å². The maximum atomic E-state index is 13.2. The number of benzene rings is 2. The van der Waals surface area contributed by atoms with Crippen molar-refractivity contribution in [3.8, 4) is 35.4 Å². The van der Waals surface area contributed by atoms with E-state index >= 15 is 0 Å². The van der Waals surface area contributed by atoms with Gasteiger partial charge in [0.1, 0.15) is 24.2 Å². The number of nitriles is 2. The van der Waals surface area contributed by atoms with Gasteiger partial charge in [-0.1, -0.05) is 6.07 Å². The Labute approximate surface area is 185 Å². The molecule has 0 radical (unpaired) electrons. The Balaban J connectivity index is 1.81. The number of aromatic nitrogens is 2. The van der Waals surface area contributed by atoms with E-state index in [4.69, 9.17) is 19.5 Å². The van der Waals surface area contributed by atoms with Gasteiger partial charge in [0, 0.05) is 7.05 Å². The number of hydrogen-bond acceptors (Lipinski definition) is 7. The molecule has 1 heterocycles. The molecule has 1 aromatic heterocycles. The number of nitrogens with zero attached hydrogens (tertiary/aromatic N) is 4. The van der Waals surface area contributed by atoms with Crippen LogP contribution in [0.25, 0.3) is 0 Å². The molecule has 0 bridgehead atoms. The molecule has 0 aliphatic carbocycles. The zero-order chi connectivity index (χ0) is 24.2. The van der Waals surface area contributed by atoms with Gasteiger partial charge in [-0.05, 0) is 35.9 Å². The smallest absolute Gasteiger partial charge is 0.417 e. The average molecular weight is 456 g/mol. The van der Waals surface area contributed by atoms with Crippen LogP contribution in [0.15, 0.2) is 47.3 Å². The molecule has 0 saturated carbocycles. The molecule has 0 aliphatic rings. The second-order valence-electron chi connectivity index (χ2n) is 6.63. The van der Waals surface area contributed by atoms with Gasteiger partial charge in [0.05, 0.1) is 35.9 Å². The Kier molecular flexibility index (Phi) is 6.54. The van der Waals surface area contributed by atoms with Crippen molar-refractivity contribution in [1.82, 2.24) is 9.55 Å². The number of ether oxygens (including phenoxy) is 3. The lowest BCUT2D eigenvalue weighted by Gasteiger charge is -2.13. The Morgan fingerprint density at radius 3 is 2.42 bits per heavy atom. The van der Waals surface area contributed by atoms with Gasteiger partial charge in [-0.2, -0.15) is 28.7 Å². The van der Waals surface area contributed by atoms with Crippen molar-refractivity contribution in [2.45, 2.75) is 12.8 Å². The van der Waals surface area contributed by atoms with Crippen molar-refractivity contribution in [1.29, 1.82) is 10.5 Å². The first kappa shape index (κ1) is 23.2. The van der Waals surface area contributed by atoms with Crippen molar-refractivity contribution >= 4 is 0 Å². The summed E-state index contributed by atoms with van der Waals surface area (Å²) >= 11 is 0. The second kappa shape index (κ2) is 9.32. The fourth-order valence-electron chi connectivity index (χ4n) is 2.81. The van der Waals surface area contributed by atoms with Gasteiger partial charge < -0.3 is 14.2 Å². The van der Waals surface area contributed by atoms with Crippen LogP contribution in [-0.4, -0.2) is 16.7 Å². The average Bonchev–Trinajstić information content (AvgIpc) is 2.79. The van der Waals surface area contributed by atoms with E-state index in [0.29, 0.717) is 11.6 Å². The summed E-state index contributed by atoms with van der Waals surface area (Å²) in [7, 11) is 2.88. The molecular formula is C22H15F3N4O4. The highest BCUT2D eigenvalue weighted by molar-refractivity contribution is 5.50. The van der Waals surface area contributed by atoms with Crippen LogP contribution < -0.4 is 19.9 Å². The molecule has 0 unspecified atom stereocenters. The highest BCUT2D eigenvalue weighted by Gasteiger charge is 2.34. The Morgan fingerprint density at radius 2 is 1.79 bits per heavy atom. The molecule has 3 aromatic rings. The molecular weight excluding hydrogens is 441 g/mol. The van der Waals surface area contributed by atoms with Crippen molar-refractivity contribution in [2.24, 2.45) is 7.05 Å². The topological polar surface area (TPSA) is 110 Å². The standard InChI is InChI=1S/C22H15F3N4O4/c1-29-20(31-2)9-19(28-21(29)30)32-12-13-3-6-18(15(7-13)11-27)33-16-5-4-14(10-26)17(8-16)22(23,24)25/h3-9H,12H2,1-2H3. The monoisotopic (exact) mass is 456 g/mol. The fourth-order valence-corrected chi connectivity index (χ4v) is 2.81. The molecule has 0 atom stereocenters. The maximum Gasteiger partial charge on any atom is 0.417 e. The van der Waals surface area contributed by atoms with E-state index in [9.17, 15) is 23.2 Å². The molecule has 0 amide bonds. The van der Waals surface area contributed by atoms with E-state index in [2.05, 4.69) is 4.98 Å². The SMILES string of the molecule is COc1cc(OCc2ccc(Oc3ccc(C#N)c(C(F)(F)F)c3)c(C#N)c2)nc(=O)n1C. The highest BCUT2D eigenvalue weighted by Crippen LogP contribution is 2.36. The van der Waals surface area contributed by atoms with E-state index in [-0.39, 0.29) is 35.4 Å². The van der Waals surface area contributed by atoms with Gasteiger partial charge in [0.2, 0.25) is 11.8 Å². The largest absolute Gasteiger partial charge is 0.482 e. The lowest BCUT2D eigenvalue weighted by molar-refractivity contribution is -0.137. The Bertz CT molecular complexity index is 1340. The van der Waals surface area contributed by atoms with Crippen molar-refractivity contribution in [3.05, 3.63) is 75.2 Å². The summed E-state index contributed by atoms with van der Waals surface area (Å²) in [6, 6.07) is 12.1. The molecule has 11 heteroatoms. The van der Waals surface area contributed by atoms with E-state index in [0.717, 1.165) is 6.07 Å². The lowest BCUT2D eigenvalue weighted by atomic mass is 10.1. The lowest BCUT2D eigenvalue weighted by Crippen LogP contribution is -2.21. The predicted molar refractivity (Wildman–Crippen MR) is 108 cm³/mol. The molecule has 2 aromatic carbocycles. The van der Waals surface area contributed by atoms with Crippen molar-refractivity contribution in [3.63, 3.8) is 0 Å². The summed E-state index contributed by atoms with van der Waals surface area (Å²) in [4.78, 5) is 15.6. The molecule has 168 valence electrons. The highest BCUT2D eigenvalue weighted by atomic mass is 19.4. The third-order valence-electron chi connectivity index (χ3n) is 4.48. The van der Waals surface area contributed by atoms with Gasteiger partial charge in [-0.3, -0.25) is 4.57 Å². The van der Waals surface area contributed by atoms with Crippen LogP contribution in [0.4, 0.5) is 13.2 Å². The number of halogens is 3. The predicted octanol–water partition coefficient (Wildman–Crippen LogP) is 3.92. The maximum absolute atomic E-state index is 13.2. The van der Waals surface area contributed by atoms with E-state index in [1.807, 2.05) is 6.07 Å². The molecule has 8 nitrogen and oxygen atoms in total. The van der Waals surface area contributed by atoms with Crippen LogP contribution in [0, 0.1) is 22.7 Å². The van der Waals surface area contributed by atoms with Crippen LogP contribution in [0.1, 0.15) is 22.3 Å². The first-order valence-corrected chi connectivity index (χ1v) is 9.23. The Morgan fingerprint density at radius 1 is 1.06 bits per heavy atom. The second-order valence-corrected chi connectivity index (χ2v) is 6.63. The number of hydrogen-bond donors (Lipinski definition) is 0. The van der Waals surface area contributed by atoms with E-state index in [1.54, 1.807) is 6.07 Å². The molecule has 33 heavy (non-hydrogen) atoms. The summed E-state index contributed by atoms with van der Waals surface area (Å²) < 4.78 is 56.7.